The van der Waals surface area contributed by atoms with Crippen molar-refractivity contribution in [1.82, 2.24) is 4.98 Å². The van der Waals surface area contributed by atoms with E-state index in [4.69, 9.17) is 11.5 Å². The molecule has 1 rings (SSSR count). The molecule has 0 aromatic carbocycles. The number of alkyl halides is 2. The van der Waals surface area contributed by atoms with E-state index >= 15 is 0 Å². The van der Waals surface area contributed by atoms with E-state index in [-0.39, 0.29) is 17.2 Å². The zero-order valence-electron chi connectivity index (χ0n) is 5.89. The predicted molar refractivity (Wildman–Crippen MR) is 50.7 cm³/mol. The fraction of sp³-hybridized carbons (Fsp3) is 0.167. The molecule has 0 saturated heterocycles. The molecule has 0 aliphatic carbocycles. The molecule has 0 atom stereocenters. The molecular weight excluding hydrogens is 279 g/mol. The highest BCUT2D eigenvalue weighted by molar-refractivity contribution is 14.1. The van der Waals surface area contributed by atoms with Crippen LogP contribution in [0.1, 0.15) is 12.0 Å². The average Bonchev–Trinajstić information content (AvgIpc) is 1.96. The Hall–Kier alpha value is -0.660. The van der Waals surface area contributed by atoms with Gasteiger partial charge in [0.1, 0.15) is 11.6 Å². The Balaban J connectivity index is 3.23. The lowest BCUT2D eigenvalue weighted by atomic mass is 10.2. The highest BCUT2D eigenvalue weighted by Crippen LogP contribution is 2.27. The van der Waals surface area contributed by atoms with Gasteiger partial charge in [0, 0.05) is 0 Å². The van der Waals surface area contributed by atoms with E-state index in [1.54, 1.807) is 0 Å². The Morgan fingerprint density at radius 1 is 1.33 bits per heavy atom. The van der Waals surface area contributed by atoms with E-state index in [1.165, 1.54) is 6.07 Å². The molecule has 6 heteroatoms. The van der Waals surface area contributed by atoms with E-state index in [0.717, 1.165) is 0 Å². The van der Waals surface area contributed by atoms with Gasteiger partial charge in [-0.05, 0) is 28.7 Å². The second kappa shape index (κ2) is 3.38. The van der Waals surface area contributed by atoms with Crippen LogP contribution in [-0.2, 0) is 0 Å². The summed E-state index contributed by atoms with van der Waals surface area (Å²) in [5.41, 5.74) is 10.3. The smallest absolute Gasteiger partial charge is 0.267 e. The predicted octanol–water partition coefficient (Wildman–Crippen LogP) is 1.79. The fourth-order valence-corrected chi connectivity index (χ4v) is 1.16. The third-order valence-electron chi connectivity index (χ3n) is 1.30. The Bertz CT molecular complexity index is 303. The summed E-state index contributed by atoms with van der Waals surface area (Å²) in [7, 11) is 0. The van der Waals surface area contributed by atoms with E-state index < -0.39 is 6.43 Å². The van der Waals surface area contributed by atoms with Gasteiger partial charge in [-0.1, -0.05) is 0 Å². The molecule has 0 unspecified atom stereocenters. The van der Waals surface area contributed by atoms with Crippen LogP contribution < -0.4 is 11.5 Å². The van der Waals surface area contributed by atoms with Crippen LogP contribution in [0, 0.1) is 3.57 Å². The van der Waals surface area contributed by atoms with Crippen LogP contribution in [0.15, 0.2) is 6.07 Å². The van der Waals surface area contributed by atoms with Crippen molar-refractivity contribution in [3.63, 3.8) is 0 Å². The summed E-state index contributed by atoms with van der Waals surface area (Å²) in [5, 5.41) is 0. The van der Waals surface area contributed by atoms with Gasteiger partial charge < -0.3 is 11.5 Å². The normalized spacial score (nSPS) is 10.7. The van der Waals surface area contributed by atoms with Crippen LogP contribution in [-0.4, -0.2) is 4.98 Å². The molecule has 3 nitrogen and oxygen atoms in total. The van der Waals surface area contributed by atoms with Gasteiger partial charge in [0.15, 0.2) is 0 Å². The van der Waals surface area contributed by atoms with Gasteiger partial charge in [0.2, 0.25) is 0 Å². The van der Waals surface area contributed by atoms with Gasteiger partial charge in [-0.3, -0.25) is 0 Å². The first kappa shape index (κ1) is 9.43. The number of rotatable bonds is 1. The van der Waals surface area contributed by atoms with E-state index in [9.17, 15) is 8.78 Å². The maximum atomic E-state index is 12.2. The topological polar surface area (TPSA) is 64.9 Å². The van der Waals surface area contributed by atoms with Gasteiger partial charge in [-0.15, -0.1) is 0 Å². The molecule has 1 heterocycles. The van der Waals surface area contributed by atoms with Crippen molar-refractivity contribution >= 4 is 34.2 Å². The molecule has 12 heavy (non-hydrogen) atoms. The number of pyridine rings is 1. The Labute approximate surface area is 81.3 Å². The number of nitrogens with zero attached hydrogens (tertiary/aromatic N) is 1. The summed E-state index contributed by atoms with van der Waals surface area (Å²) >= 11 is 1.82. The zero-order chi connectivity index (χ0) is 9.30. The van der Waals surface area contributed by atoms with Gasteiger partial charge >= 0.3 is 0 Å². The monoisotopic (exact) mass is 285 g/mol. The first-order valence-electron chi connectivity index (χ1n) is 3.02. The fourth-order valence-electron chi connectivity index (χ4n) is 0.707. The lowest BCUT2D eigenvalue weighted by Gasteiger charge is -2.05. The minimum atomic E-state index is -2.60. The Morgan fingerprint density at radius 3 is 2.42 bits per heavy atom. The third-order valence-corrected chi connectivity index (χ3v) is 2.16. The highest BCUT2D eigenvalue weighted by atomic mass is 127. The average molecular weight is 285 g/mol. The van der Waals surface area contributed by atoms with Crippen LogP contribution in [0.4, 0.5) is 20.4 Å². The van der Waals surface area contributed by atoms with Crippen molar-refractivity contribution in [2.24, 2.45) is 0 Å². The molecule has 1 aromatic heterocycles. The van der Waals surface area contributed by atoms with E-state index in [1.807, 2.05) is 22.6 Å². The summed E-state index contributed by atoms with van der Waals surface area (Å²) < 4.78 is 24.8. The van der Waals surface area contributed by atoms with Gasteiger partial charge in [-0.25, -0.2) is 13.8 Å². The highest BCUT2D eigenvalue weighted by Gasteiger charge is 2.14. The van der Waals surface area contributed by atoms with Gasteiger partial charge in [-0.2, -0.15) is 0 Å². The Morgan fingerprint density at radius 2 is 1.92 bits per heavy atom. The van der Waals surface area contributed by atoms with Crippen LogP contribution in [0.3, 0.4) is 0 Å². The first-order valence-corrected chi connectivity index (χ1v) is 4.09. The van der Waals surface area contributed by atoms with E-state index in [2.05, 4.69) is 4.98 Å². The second-order valence-corrected chi connectivity index (χ2v) is 3.29. The zero-order valence-corrected chi connectivity index (χ0v) is 8.05. The van der Waals surface area contributed by atoms with Crippen LogP contribution in [0.2, 0.25) is 0 Å². The maximum absolute atomic E-state index is 12.2. The molecule has 0 aliphatic rings. The number of hydrogen-bond acceptors (Lipinski definition) is 3. The largest absolute Gasteiger partial charge is 0.383 e. The molecule has 4 N–H and O–H groups in total. The third kappa shape index (κ3) is 1.74. The van der Waals surface area contributed by atoms with Gasteiger partial charge in [0.25, 0.3) is 6.43 Å². The van der Waals surface area contributed by atoms with E-state index in [0.29, 0.717) is 3.57 Å². The molecule has 0 fully saturated rings. The van der Waals surface area contributed by atoms with Crippen molar-refractivity contribution < 1.29 is 8.78 Å². The second-order valence-electron chi connectivity index (χ2n) is 2.13. The van der Waals surface area contributed by atoms with Crippen molar-refractivity contribution in [2.45, 2.75) is 6.43 Å². The number of anilines is 2. The Kier molecular flexibility index (Phi) is 2.65. The molecule has 0 spiro atoms. The van der Waals surface area contributed by atoms with Crippen molar-refractivity contribution in [3.05, 3.63) is 15.2 Å². The molecule has 66 valence electrons. The number of nitrogens with two attached hydrogens (primary N) is 2. The minimum Gasteiger partial charge on any atom is -0.383 e. The van der Waals surface area contributed by atoms with Crippen molar-refractivity contribution in [2.75, 3.05) is 11.5 Å². The van der Waals surface area contributed by atoms with Crippen molar-refractivity contribution in [3.8, 4) is 0 Å². The number of hydrogen-bond donors (Lipinski definition) is 2. The van der Waals surface area contributed by atoms with Crippen molar-refractivity contribution in [1.29, 1.82) is 0 Å². The standard InChI is InChI=1S/C6H6F2IN3/c7-4(8)2-1-3(9)6(11)12-5(2)10/h1,4H,(H4,10,11,12). The summed E-state index contributed by atoms with van der Waals surface area (Å²) in [4.78, 5) is 3.56. The first-order chi connectivity index (χ1) is 5.52. The minimum absolute atomic E-state index is 0.178. The molecule has 0 aliphatic heterocycles. The molecule has 0 saturated carbocycles. The molecule has 1 aromatic rings. The summed E-state index contributed by atoms with van der Waals surface area (Å²) in [6.45, 7) is 0. The lowest BCUT2D eigenvalue weighted by molar-refractivity contribution is 0.152. The number of aromatic nitrogens is 1. The van der Waals surface area contributed by atoms with Crippen LogP contribution in [0.5, 0.6) is 0 Å². The maximum Gasteiger partial charge on any atom is 0.267 e. The summed E-state index contributed by atoms with van der Waals surface area (Å²) in [6.07, 6.45) is -2.60. The molecule has 0 amide bonds. The summed E-state index contributed by atoms with van der Waals surface area (Å²) in [6, 6.07) is 1.24. The SMILES string of the molecule is Nc1nc(N)c(C(F)F)cc1I. The molecular formula is C6H6F2IN3. The number of nitrogen functional groups attached to an aromatic ring is 2. The molecule has 0 radical (unpaired) electrons. The molecule has 0 bridgehead atoms. The lowest BCUT2D eigenvalue weighted by Crippen LogP contribution is -2.03. The van der Waals surface area contributed by atoms with Crippen LogP contribution >= 0.6 is 22.6 Å². The summed E-state index contributed by atoms with van der Waals surface area (Å²) in [5.74, 6) is -0.0274. The quantitative estimate of drug-likeness (QED) is 0.773. The number of halogens is 3. The van der Waals surface area contributed by atoms with Gasteiger partial charge in [0.05, 0.1) is 9.13 Å². The van der Waals surface area contributed by atoms with Crippen LogP contribution in [0.25, 0.3) is 0 Å².